The van der Waals surface area contributed by atoms with Gasteiger partial charge in [0.2, 0.25) is 0 Å². The Morgan fingerprint density at radius 3 is 2.73 bits per heavy atom. The van der Waals surface area contributed by atoms with Gasteiger partial charge in [0.15, 0.2) is 0 Å². The lowest BCUT2D eigenvalue weighted by Crippen LogP contribution is -2.34. The van der Waals surface area contributed by atoms with Gasteiger partial charge in [0.25, 0.3) is 0 Å². The van der Waals surface area contributed by atoms with Crippen LogP contribution in [0.25, 0.3) is 0 Å². The molecule has 1 saturated carbocycles. The van der Waals surface area contributed by atoms with Crippen molar-refractivity contribution in [1.82, 2.24) is 5.32 Å². The smallest absolute Gasteiger partial charge is 0.120 e. The van der Waals surface area contributed by atoms with Crippen LogP contribution in [0, 0.1) is 6.92 Å². The number of hydrogen-bond donors (Lipinski definition) is 2. The normalized spacial score (nSPS) is 26.8. The lowest BCUT2D eigenvalue weighted by molar-refractivity contribution is 0.116. The van der Waals surface area contributed by atoms with Crippen LogP contribution < -0.4 is 5.32 Å². The Hall–Kier alpha value is -0.800. The first kappa shape index (κ1) is 10.7. The summed E-state index contributed by atoms with van der Waals surface area (Å²) in [7, 11) is 0. The number of hydrogen-bond acceptors (Lipinski definition) is 3. The van der Waals surface area contributed by atoms with Gasteiger partial charge >= 0.3 is 0 Å². The quantitative estimate of drug-likeness (QED) is 0.800. The summed E-state index contributed by atoms with van der Waals surface area (Å²) in [5.74, 6) is 1.03. The fourth-order valence-electron chi connectivity index (χ4n) is 2.10. The van der Waals surface area contributed by atoms with Crippen molar-refractivity contribution in [2.24, 2.45) is 0 Å². The molecule has 1 heterocycles. The van der Waals surface area contributed by atoms with E-state index in [0.717, 1.165) is 38.0 Å². The third kappa shape index (κ3) is 2.83. The molecule has 1 fully saturated rings. The van der Waals surface area contributed by atoms with Gasteiger partial charge in [0.1, 0.15) is 5.76 Å². The maximum atomic E-state index is 9.38. The highest BCUT2D eigenvalue weighted by atomic mass is 16.3. The highest BCUT2D eigenvalue weighted by molar-refractivity contribution is 5.14. The first-order chi connectivity index (χ1) is 7.25. The van der Waals surface area contributed by atoms with E-state index in [2.05, 4.69) is 12.2 Å². The van der Waals surface area contributed by atoms with Crippen LogP contribution in [0.2, 0.25) is 0 Å². The minimum atomic E-state index is -0.0756. The number of aryl methyl sites for hydroxylation is 1. The van der Waals surface area contributed by atoms with Gasteiger partial charge in [0, 0.05) is 6.04 Å². The molecule has 0 spiro atoms. The van der Waals surface area contributed by atoms with Crippen molar-refractivity contribution in [2.75, 3.05) is 0 Å². The van der Waals surface area contributed by atoms with Crippen LogP contribution in [0.4, 0.5) is 0 Å². The molecule has 0 atom stereocenters. The molecule has 0 aromatic carbocycles. The maximum absolute atomic E-state index is 9.38. The first-order valence-corrected chi connectivity index (χ1v) is 5.70. The second-order valence-corrected chi connectivity index (χ2v) is 4.41. The van der Waals surface area contributed by atoms with Crippen molar-refractivity contribution in [1.29, 1.82) is 0 Å². The molecule has 3 heteroatoms. The summed E-state index contributed by atoms with van der Waals surface area (Å²) in [6.45, 7) is 2.87. The Labute approximate surface area is 90.5 Å². The molecule has 1 aliphatic carbocycles. The van der Waals surface area contributed by atoms with Crippen molar-refractivity contribution in [2.45, 2.75) is 51.3 Å². The highest BCUT2D eigenvalue weighted by Gasteiger charge is 2.19. The second-order valence-electron chi connectivity index (χ2n) is 4.41. The Balaban J connectivity index is 1.77. The van der Waals surface area contributed by atoms with Crippen molar-refractivity contribution < 1.29 is 9.52 Å². The average molecular weight is 209 g/mol. The number of furan rings is 1. The molecule has 3 nitrogen and oxygen atoms in total. The Morgan fingerprint density at radius 2 is 2.13 bits per heavy atom. The van der Waals surface area contributed by atoms with E-state index < -0.39 is 0 Å². The van der Waals surface area contributed by atoms with Crippen molar-refractivity contribution in [3.8, 4) is 0 Å². The fraction of sp³-hybridized carbons (Fsp3) is 0.667. The van der Waals surface area contributed by atoms with E-state index in [1.165, 1.54) is 5.56 Å². The minimum Gasteiger partial charge on any atom is -0.468 e. The summed E-state index contributed by atoms with van der Waals surface area (Å²) in [6, 6.07) is 2.53. The third-order valence-corrected chi connectivity index (χ3v) is 3.22. The Bertz CT molecular complexity index is 300. The molecule has 0 radical (unpaired) electrons. The maximum Gasteiger partial charge on any atom is 0.120 e. The molecule has 1 aliphatic rings. The summed E-state index contributed by atoms with van der Waals surface area (Å²) < 4.78 is 5.36. The second kappa shape index (κ2) is 4.81. The first-order valence-electron chi connectivity index (χ1n) is 5.70. The number of aliphatic hydroxyl groups excluding tert-OH is 1. The summed E-state index contributed by atoms with van der Waals surface area (Å²) in [4.78, 5) is 0. The zero-order valence-electron chi connectivity index (χ0n) is 9.20. The molecule has 84 valence electrons. The van der Waals surface area contributed by atoms with Crippen molar-refractivity contribution in [3.05, 3.63) is 23.7 Å². The van der Waals surface area contributed by atoms with Gasteiger partial charge < -0.3 is 14.8 Å². The van der Waals surface area contributed by atoms with Crippen LogP contribution in [0.3, 0.4) is 0 Å². The van der Waals surface area contributed by atoms with Crippen LogP contribution >= 0.6 is 0 Å². The number of aliphatic hydroxyl groups is 1. The van der Waals surface area contributed by atoms with Gasteiger partial charge in [0.05, 0.1) is 18.9 Å². The van der Waals surface area contributed by atoms with Gasteiger partial charge in [-0.1, -0.05) is 0 Å². The Morgan fingerprint density at radius 1 is 1.40 bits per heavy atom. The van der Waals surface area contributed by atoms with Gasteiger partial charge in [-0.2, -0.15) is 0 Å². The standard InChI is InChI=1S/C12H19NO2/c1-9-6-7-15-12(9)8-13-10-2-4-11(14)5-3-10/h6-7,10-11,13-14H,2-5,8H2,1H3. The molecule has 1 aromatic heterocycles. The predicted molar refractivity (Wildman–Crippen MR) is 58.5 cm³/mol. The SMILES string of the molecule is Cc1ccoc1CNC1CCC(O)CC1. The molecule has 2 rings (SSSR count). The van der Waals surface area contributed by atoms with Crippen LogP contribution in [-0.2, 0) is 6.54 Å². The van der Waals surface area contributed by atoms with E-state index in [1.54, 1.807) is 6.26 Å². The van der Waals surface area contributed by atoms with Gasteiger partial charge in [-0.3, -0.25) is 0 Å². The molecule has 0 unspecified atom stereocenters. The largest absolute Gasteiger partial charge is 0.468 e. The van der Waals surface area contributed by atoms with Gasteiger partial charge in [-0.05, 0) is 44.2 Å². The van der Waals surface area contributed by atoms with E-state index >= 15 is 0 Å². The minimum absolute atomic E-state index is 0.0756. The van der Waals surface area contributed by atoms with Crippen LogP contribution in [-0.4, -0.2) is 17.3 Å². The van der Waals surface area contributed by atoms with E-state index in [-0.39, 0.29) is 6.10 Å². The van der Waals surface area contributed by atoms with Crippen LogP contribution in [0.1, 0.15) is 37.0 Å². The lowest BCUT2D eigenvalue weighted by atomic mass is 9.93. The topological polar surface area (TPSA) is 45.4 Å². The molecular weight excluding hydrogens is 190 g/mol. The summed E-state index contributed by atoms with van der Waals surface area (Å²) >= 11 is 0. The molecular formula is C12H19NO2. The van der Waals surface area contributed by atoms with E-state index in [4.69, 9.17) is 4.42 Å². The molecule has 0 saturated heterocycles. The Kier molecular flexibility index (Phi) is 3.44. The average Bonchev–Trinajstić information content (AvgIpc) is 2.63. The molecule has 0 bridgehead atoms. The fourth-order valence-corrected chi connectivity index (χ4v) is 2.10. The van der Waals surface area contributed by atoms with Crippen molar-refractivity contribution in [3.63, 3.8) is 0 Å². The summed E-state index contributed by atoms with van der Waals surface area (Å²) in [6.07, 6.45) is 5.65. The van der Waals surface area contributed by atoms with Crippen LogP contribution in [0.5, 0.6) is 0 Å². The molecule has 1 aromatic rings. The summed E-state index contributed by atoms with van der Waals surface area (Å²) in [5, 5.41) is 12.9. The molecule has 0 aliphatic heterocycles. The zero-order chi connectivity index (χ0) is 10.7. The molecule has 2 N–H and O–H groups in total. The van der Waals surface area contributed by atoms with Gasteiger partial charge in [-0.15, -0.1) is 0 Å². The van der Waals surface area contributed by atoms with Crippen molar-refractivity contribution >= 4 is 0 Å². The van der Waals surface area contributed by atoms with Crippen LogP contribution in [0.15, 0.2) is 16.7 Å². The van der Waals surface area contributed by atoms with Gasteiger partial charge in [-0.25, -0.2) is 0 Å². The van der Waals surface area contributed by atoms with E-state index in [0.29, 0.717) is 6.04 Å². The number of nitrogens with one attached hydrogen (secondary N) is 1. The van der Waals surface area contributed by atoms with E-state index in [1.807, 2.05) is 6.07 Å². The monoisotopic (exact) mass is 209 g/mol. The molecule has 15 heavy (non-hydrogen) atoms. The third-order valence-electron chi connectivity index (χ3n) is 3.22. The molecule has 0 amide bonds. The predicted octanol–water partition coefficient (Wildman–Crippen LogP) is 1.98. The van der Waals surface area contributed by atoms with E-state index in [9.17, 15) is 5.11 Å². The summed E-state index contributed by atoms with van der Waals surface area (Å²) in [5.41, 5.74) is 1.21. The highest BCUT2D eigenvalue weighted by Crippen LogP contribution is 2.19. The lowest BCUT2D eigenvalue weighted by Gasteiger charge is -2.26. The zero-order valence-corrected chi connectivity index (χ0v) is 9.20. The number of rotatable bonds is 3.